The molecular formula is C26H34BFN2O6S. The number of carbonyl (C=O) groups is 3. The monoisotopic (exact) mass is 532 g/mol. The highest BCUT2D eigenvalue weighted by molar-refractivity contribution is 8.32. The largest absolute Gasteiger partial charge is 0.497 e. The predicted molar refractivity (Wildman–Crippen MR) is 144 cm³/mol. The molecule has 1 aliphatic rings. The van der Waals surface area contributed by atoms with Crippen molar-refractivity contribution >= 4 is 35.7 Å². The third-order valence-electron chi connectivity index (χ3n) is 6.47. The molecule has 37 heavy (non-hydrogen) atoms. The summed E-state index contributed by atoms with van der Waals surface area (Å²) in [6, 6.07) is 9.47. The number of carbonyl (C=O) groups excluding carboxylic acids is 3. The Kier molecular flexibility index (Phi) is 8.78. The average Bonchev–Trinajstić information content (AvgIpc) is 3.18. The van der Waals surface area contributed by atoms with Crippen LogP contribution in [0.3, 0.4) is 0 Å². The molecule has 11 heteroatoms. The first-order valence-electron chi connectivity index (χ1n) is 11.9. The zero-order valence-electron chi connectivity index (χ0n) is 22.0. The molecule has 3 rings (SSSR count). The average molecular weight is 532 g/mol. The quantitative estimate of drug-likeness (QED) is 0.332. The highest BCUT2D eigenvalue weighted by Crippen LogP contribution is 2.36. The first kappa shape index (κ1) is 28.4. The Hall–Kier alpha value is -3.21. The van der Waals surface area contributed by atoms with Crippen LogP contribution < -0.4 is 15.2 Å². The van der Waals surface area contributed by atoms with E-state index in [0.717, 1.165) is 5.75 Å². The first-order chi connectivity index (χ1) is 17.4. The molecule has 1 atom stereocenters. The van der Waals surface area contributed by atoms with Crippen molar-refractivity contribution in [2.45, 2.75) is 31.4 Å². The molecule has 0 saturated carbocycles. The zero-order chi connectivity index (χ0) is 27.4. The zero-order valence-corrected chi connectivity index (χ0v) is 22.8. The van der Waals surface area contributed by atoms with Crippen LogP contribution in [0.4, 0.5) is 4.39 Å². The topological polar surface area (TPSA) is 108 Å². The van der Waals surface area contributed by atoms with Crippen LogP contribution in [0.2, 0.25) is 0 Å². The molecule has 0 radical (unpaired) electrons. The number of rotatable bonds is 12. The summed E-state index contributed by atoms with van der Waals surface area (Å²) >= 11 is 0. The Balaban J connectivity index is 1.72. The van der Waals surface area contributed by atoms with Gasteiger partial charge in [-0.05, 0) is 49.5 Å². The van der Waals surface area contributed by atoms with Crippen LogP contribution in [-0.2, 0) is 27.5 Å². The van der Waals surface area contributed by atoms with Crippen LogP contribution in [0, 0.1) is 5.82 Å². The number of fused-ring (bicyclic) bond motifs is 1. The first-order valence-corrected chi connectivity index (χ1v) is 14.9. The van der Waals surface area contributed by atoms with Crippen LogP contribution in [-0.4, -0.2) is 74.2 Å². The van der Waals surface area contributed by atoms with Gasteiger partial charge in [-0.3, -0.25) is 14.4 Å². The minimum atomic E-state index is -1.41. The van der Waals surface area contributed by atoms with Crippen LogP contribution in [0.1, 0.15) is 34.3 Å². The third kappa shape index (κ3) is 6.77. The second-order valence-electron chi connectivity index (χ2n) is 10.1. The third-order valence-corrected chi connectivity index (χ3v) is 7.86. The molecule has 200 valence electrons. The van der Waals surface area contributed by atoms with Gasteiger partial charge in [0.05, 0.1) is 25.7 Å². The van der Waals surface area contributed by atoms with Gasteiger partial charge in [0, 0.05) is 34.9 Å². The Bertz CT molecular complexity index is 1190. The summed E-state index contributed by atoms with van der Waals surface area (Å²) in [6.45, 7) is 0.321. The number of amides is 2. The van der Waals surface area contributed by atoms with Crippen LogP contribution in [0.25, 0.3) is 0 Å². The fourth-order valence-corrected chi connectivity index (χ4v) is 4.56. The van der Waals surface area contributed by atoms with Gasteiger partial charge in [-0.15, -0.1) is 0 Å². The molecule has 8 nitrogen and oxygen atoms in total. The smallest absolute Gasteiger partial charge is 0.305 e. The van der Waals surface area contributed by atoms with Crippen molar-refractivity contribution in [2.24, 2.45) is 5.73 Å². The molecule has 0 fully saturated rings. The molecule has 1 unspecified atom stereocenters. The lowest BCUT2D eigenvalue weighted by Gasteiger charge is -2.36. The standard InChI is InChI=1S/C26H34BFN2O6S/c1-34-18-9-8-17(21(28)14-18)16-36-22-7-5-6-19-20(22)15-30(24(19)32)26(27,25(29)33)11-10-23(31)35-12-13-37(2,3)4/h5-9,14H,10-13,15-16,27H2,1-4H3,(H2,29,33). The number of benzene rings is 2. The minimum Gasteiger partial charge on any atom is -0.497 e. The summed E-state index contributed by atoms with van der Waals surface area (Å²) in [4.78, 5) is 39.5. The van der Waals surface area contributed by atoms with Gasteiger partial charge in [-0.2, -0.15) is 0 Å². The molecule has 2 aromatic carbocycles. The maximum atomic E-state index is 14.4. The molecule has 2 N–H and O–H groups in total. The maximum absolute atomic E-state index is 14.4. The van der Waals surface area contributed by atoms with Gasteiger partial charge in [0.1, 0.15) is 31.8 Å². The molecule has 1 aliphatic heterocycles. The number of hydrogen-bond donors (Lipinski definition) is 1. The highest BCUT2D eigenvalue weighted by atomic mass is 32.3. The number of esters is 1. The van der Waals surface area contributed by atoms with Gasteiger partial charge in [0.25, 0.3) is 5.91 Å². The Morgan fingerprint density at radius 1 is 1.22 bits per heavy atom. The van der Waals surface area contributed by atoms with E-state index >= 15 is 0 Å². The van der Waals surface area contributed by atoms with E-state index in [9.17, 15) is 18.8 Å². The lowest BCUT2D eigenvalue weighted by Crippen LogP contribution is -2.58. The summed E-state index contributed by atoms with van der Waals surface area (Å²) < 4.78 is 30.6. The van der Waals surface area contributed by atoms with E-state index in [1.54, 1.807) is 38.2 Å². The molecule has 2 amide bonds. The van der Waals surface area contributed by atoms with Crippen molar-refractivity contribution in [3.63, 3.8) is 0 Å². The summed E-state index contributed by atoms with van der Waals surface area (Å²) in [7, 11) is 2.21. The number of methoxy groups -OCH3 is 1. The van der Waals surface area contributed by atoms with E-state index in [2.05, 4.69) is 18.8 Å². The van der Waals surface area contributed by atoms with Crippen molar-refractivity contribution < 1.29 is 33.0 Å². The van der Waals surface area contributed by atoms with E-state index in [0.29, 0.717) is 34.8 Å². The molecule has 0 aromatic heterocycles. The molecule has 0 spiro atoms. The second-order valence-corrected chi connectivity index (χ2v) is 14.7. The lowest BCUT2D eigenvalue weighted by atomic mass is 9.72. The SMILES string of the molecule is BC(CCC(=O)OCCS(C)(C)C)(C(N)=O)N1Cc2c(OCc3ccc(OC)cc3F)cccc2C1=O. The molecule has 0 bridgehead atoms. The molecule has 2 aromatic rings. The number of nitrogens with two attached hydrogens (primary N) is 1. The second kappa shape index (κ2) is 11.5. The van der Waals surface area contributed by atoms with Gasteiger partial charge >= 0.3 is 5.97 Å². The van der Waals surface area contributed by atoms with Gasteiger partial charge in [0.2, 0.25) is 5.91 Å². The number of nitrogens with zero attached hydrogens (tertiary/aromatic N) is 1. The minimum absolute atomic E-state index is 0.0243. The van der Waals surface area contributed by atoms with Crippen molar-refractivity contribution in [3.05, 3.63) is 58.9 Å². The van der Waals surface area contributed by atoms with Crippen LogP contribution >= 0.6 is 10.0 Å². The molecular weight excluding hydrogens is 498 g/mol. The van der Waals surface area contributed by atoms with Gasteiger partial charge in [-0.1, -0.05) is 6.07 Å². The predicted octanol–water partition coefficient (Wildman–Crippen LogP) is 2.20. The lowest BCUT2D eigenvalue weighted by molar-refractivity contribution is -0.143. The number of hydrogen-bond acceptors (Lipinski definition) is 6. The van der Waals surface area contributed by atoms with E-state index in [1.165, 1.54) is 18.1 Å². The molecule has 0 aliphatic carbocycles. The normalized spacial score (nSPS) is 15.1. The van der Waals surface area contributed by atoms with E-state index in [1.807, 2.05) is 0 Å². The number of primary amides is 1. The maximum Gasteiger partial charge on any atom is 0.305 e. The fraction of sp³-hybridized carbons (Fsp3) is 0.423. The fourth-order valence-electron chi connectivity index (χ4n) is 3.98. The van der Waals surface area contributed by atoms with Crippen LogP contribution in [0.5, 0.6) is 11.5 Å². The highest BCUT2D eigenvalue weighted by Gasteiger charge is 2.45. The number of ether oxygens (including phenoxy) is 3. The van der Waals surface area contributed by atoms with Gasteiger partial charge < -0.3 is 24.8 Å². The van der Waals surface area contributed by atoms with Crippen molar-refractivity contribution in [1.29, 1.82) is 0 Å². The summed E-state index contributed by atoms with van der Waals surface area (Å²) in [5, 5.41) is 0. The molecule has 1 heterocycles. The number of halogens is 1. The van der Waals surface area contributed by atoms with E-state index < -0.39 is 33.2 Å². The Labute approximate surface area is 219 Å². The summed E-state index contributed by atoms with van der Waals surface area (Å²) in [5.41, 5.74) is 5.60. The van der Waals surface area contributed by atoms with Gasteiger partial charge in [0.15, 0.2) is 0 Å². The van der Waals surface area contributed by atoms with Crippen molar-refractivity contribution in [3.8, 4) is 11.5 Å². The molecule has 0 saturated heterocycles. The van der Waals surface area contributed by atoms with E-state index in [-0.39, 0.29) is 31.9 Å². The summed E-state index contributed by atoms with van der Waals surface area (Å²) in [5.74, 6) is -0.430. The van der Waals surface area contributed by atoms with Crippen molar-refractivity contribution in [2.75, 3.05) is 38.2 Å². The van der Waals surface area contributed by atoms with Crippen LogP contribution in [0.15, 0.2) is 36.4 Å². The van der Waals surface area contributed by atoms with Crippen molar-refractivity contribution in [1.82, 2.24) is 4.90 Å². The van der Waals surface area contributed by atoms with E-state index in [4.69, 9.17) is 19.9 Å². The summed E-state index contributed by atoms with van der Waals surface area (Å²) in [6.07, 6.45) is 6.36. The Morgan fingerprint density at radius 2 is 1.95 bits per heavy atom. The van der Waals surface area contributed by atoms with Gasteiger partial charge in [-0.25, -0.2) is 14.4 Å². The Morgan fingerprint density at radius 3 is 2.57 bits per heavy atom.